The first-order valence-corrected chi connectivity index (χ1v) is 4.10. The molecule has 0 fully saturated rings. The van der Waals surface area contributed by atoms with E-state index in [0.717, 1.165) is 10.5 Å². The van der Waals surface area contributed by atoms with Crippen LogP contribution >= 0.6 is 12.6 Å². The lowest BCUT2D eigenvalue weighted by Crippen LogP contribution is -1.71. The molecule has 12 heavy (non-hydrogen) atoms. The normalized spacial score (nSPS) is 10.0. The molecule has 0 aromatic heterocycles. The molecule has 1 nitrogen and oxygen atoms in total. The summed E-state index contributed by atoms with van der Waals surface area (Å²) in [7, 11) is 0. The average molecular weight is 175 g/mol. The van der Waals surface area contributed by atoms with Crippen LogP contribution in [0.4, 0.5) is 0 Å². The van der Waals surface area contributed by atoms with Crippen molar-refractivity contribution >= 4 is 18.7 Å². The molecule has 0 spiro atoms. The molecule has 0 saturated carbocycles. The molecule has 0 N–H and O–H groups in total. The van der Waals surface area contributed by atoms with Gasteiger partial charge in [-0.1, -0.05) is 24.3 Å². The van der Waals surface area contributed by atoms with E-state index in [9.17, 15) is 0 Å². The molecule has 0 unspecified atom stereocenters. The fraction of sp³-hybridized carbons (Fsp3) is 0.100. The van der Waals surface area contributed by atoms with E-state index >= 15 is 0 Å². The fourth-order valence-electron chi connectivity index (χ4n) is 0.876. The highest BCUT2D eigenvalue weighted by molar-refractivity contribution is 7.80. The van der Waals surface area contributed by atoms with Gasteiger partial charge in [-0.3, -0.25) is 0 Å². The highest BCUT2D eigenvalue weighted by Gasteiger charge is 1.86. The molecule has 0 aliphatic heterocycles. The van der Waals surface area contributed by atoms with Crippen molar-refractivity contribution in [1.29, 1.82) is 5.26 Å². The Kier molecular flexibility index (Phi) is 3.43. The van der Waals surface area contributed by atoms with Crippen molar-refractivity contribution in [2.75, 3.05) is 0 Å². The first-order valence-electron chi connectivity index (χ1n) is 3.65. The van der Waals surface area contributed by atoms with E-state index in [2.05, 4.69) is 12.6 Å². The van der Waals surface area contributed by atoms with E-state index in [4.69, 9.17) is 5.26 Å². The largest absolute Gasteiger partial charge is 0.198 e. The molecule has 1 aromatic rings. The van der Waals surface area contributed by atoms with Gasteiger partial charge in [0.1, 0.15) is 0 Å². The lowest BCUT2D eigenvalue weighted by atomic mass is 10.2. The smallest absolute Gasteiger partial charge is 0.0663 e. The third kappa shape index (κ3) is 2.81. The highest BCUT2D eigenvalue weighted by Crippen LogP contribution is 2.10. The second kappa shape index (κ2) is 4.63. The molecule has 0 heterocycles. The molecule has 0 aliphatic carbocycles. The molecule has 0 bridgehead atoms. The van der Waals surface area contributed by atoms with E-state index in [1.807, 2.05) is 42.5 Å². The van der Waals surface area contributed by atoms with Crippen LogP contribution in [0.2, 0.25) is 0 Å². The van der Waals surface area contributed by atoms with Crippen molar-refractivity contribution in [3.63, 3.8) is 0 Å². The second-order valence-corrected chi connectivity index (χ2v) is 2.88. The maximum atomic E-state index is 8.28. The number of nitrogens with zero attached hydrogens (tertiary/aromatic N) is 1. The zero-order chi connectivity index (χ0) is 8.81. The summed E-state index contributed by atoms with van der Waals surface area (Å²) in [6.45, 7) is 0. The van der Waals surface area contributed by atoms with E-state index in [0.29, 0.717) is 6.42 Å². The molecule has 0 atom stereocenters. The van der Waals surface area contributed by atoms with Gasteiger partial charge in [-0.2, -0.15) is 5.26 Å². The van der Waals surface area contributed by atoms with Gasteiger partial charge in [-0.05, 0) is 17.7 Å². The summed E-state index contributed by atoms with van der Waals surface area (Å²) in [6, 6.07) is 9.84. The molecule has 1 aromatic carbocycles. The minimum absolute atomic E-state index is 0.455. The standard InChI is InChI=1S/C10H9NS/c11-7-2-1-4-9-5-3-6-10(12)8-9/h1,3-6,8,12H,2H2. The van der Waals surface area contributed by atoms with E-state index < -0.39 is 0 Å². The number of rotatable bonds is 2. The Bertz CT molecular complexity index is 323. The Labute approximate surface area is 77.7 Å². The summed E-state index contributed by atoms with van der Waals surface area (Å²) in [5.74, 6) is 0. The van der Waals surface area contributed by atoms with Crippen LogP contribution in [0.5, 0.6) is 0 Å². The van der Waals surface area contributed by atoms with Crippen molar-refractivity contribution in [2.45, 2.75) is 11.3 Å². The van der Waals surface area contributed by atoms with Crippen LogP contribution in [0.1, 0.15) is 12.0 Å². The van der Waals surface area contributed by atoms with Gasteiger partial charge in [0.15, 0.2) is 0 Å². The van der Waals surface area contributed by atoms with Crippen molar-refractivity contribution in [1.82, 2.24) is 0 Å². The molecule has 1 rings (SSSR count). The van der Waals surface area contributed by atoms with Crippen LogP contribution in [0.3, 0.4) is 0 Å². The third-order valence-electron chi connectivity index (χ3n) is 1.39. The zero-order valence-electron chi connectivity index (χ0n) is 6.57. The number of allylic oxidation sites excluding steroid dienone is 1. The monoisotopic (exact) mass is 175 g/mol. The summed E-state index contributed by atoms with van der Waals surface area (Å²) in [4.78, 5) is 0.939. The highest BCUT2D eigenvalue weighted by atomic mass is 32.1. The molecule has 60 valence electrons. The van der Waals surface area contributed by atoms with Gasteiger partial charge in [0.25, 0.3) is 0 Å². The third-order valence-corrected chi connectivity index (χ3v) is 1.67. The van der Waals surface area contributed by atoms with Crippen molar-refractivity contribution in [3.05, 3.63) is 35.9 Å². The molecule has 0 radical (unpaired) electrons. The first-order chi connectivity index (χ1) is 5.83. The van der Waals surface area contributed by atoms with Gasteiger partial charge in [-0.15, -0.1) is 12.6 Å². The van der Waals surface area contributed by atoms with Crippen molar-refractivity contribution < 1.29 is 0 Å². The van der Waals surface area contributed by atoms with Gasteiger partial charge in [0.05, 0.1) is 12.5 Å². The maximum absolute atomic E-state index is 8.28. The van der Waals surface area contributed by atoms with Crippen molar-refractivity contribution in [3.8, 4) is 6.07 Å². The fourth-order valence-corrected chi connectivity index (χ4v) is 1.11. The summed E-state index contributed by atoms with van der Waals surface area (Å²) in [5, 5.41) is 8.28. The van der Waals surface area contributed by atoms with Crippen LogP contribution < -0.4 is 0 Å². The lowest BCUT2D eigenvalue weighted by Gasteiger charge is -1.93. The Balaban J connectivity index is 2.71. The molecule has 0 aliphatic rings. The summed E-state index contributed by atoms with van der Waals surface area (Å²) >= 11 is 4.20. The van der Waals surface area contributed by atoms with E-state index in [1.54, 1.807) is 0 Å². The van der Waals surface area contributed by atoms with Gasteiger partial charge < -0.3 is 0 Å². The molecular weight excluding hydrogens is 166 g/mol. The van der Waals surface area contributed by atoms with Crippen LogP contribution in [0, 0.1) is 11.3 Å². The Hall–Kier alpha value is -1.20. The molecular formula is C10H9NS. The quantitative estimate of drug-likeness (QED) is 0.686. The predicted molar refractivity (Wildman–Crippen MR) is 53.0 cm³/mol. The number of nitriles is 1. The minimum atomic E-state index is 0.455. The Morgan fingerprint density at radius 1 is 1.50 bits per heavy atom. The molecule has 0 saturated heterocycles. The topological polar surface area (TPSA) is 23.8 Å². The maximum Gasteiger partial charge on any atom is 0.0663 e. The van der Waals surface area contributed by atoms with Gasteiger partial charge in [0.2, 0.25) is 0 Å². The number of thiol groups is 1. The summed E-state index contributed by atoms with van der Waals surface area (Å²) in [5.41, 5.74) is 1.08. The summed E-state index contributed by atoms with van der Waals surface area (Å²) < 4.78 is 0. The predicted octanol–water partition coefficient (Wildman–Crippen LogP) is 2.90. The number of hydrogen-bond acceptors (Lipinski definition) is 2. The second-order valence-electron chi connectivity index (χ2n) is 2.36. The van der Waals surface area contributed by atoms with Crippen molar-refractivity contribution in [2.24, 2.45) is 0 Å². The van der Waals surface area contributed by atoms with Gasteiger partial charge >= 0.3 is 0 Å². The average Bonchev–Trinajstić information content (AvgIpc) is 2.05. The zero-order valence-corrected chi connectivity index (χ0v) is 7.46. The summed E-state index contributed by atoms with van der Waals surface area (Å²) in [6.07, 6.45) is 4.21. The number of benzene rings is 1. The number of hydrogen-bond donors (Lipinski definition) is 1. The van der Waals surface area contributed by atoms with Crippen LogP contribution in [0.25, 0.3) is 6.08 Å². The first kappa shape index (κ1) is 8.89. The minimum Gasteiger partial charge on any atom is -0.198 e. The molecule has 0 amide bonds. The van der Waals surface area contributed by atoms with Crippen LogP contribution in [0.15, 0.2) is 35.2 Å². The van der Waals surface area contributed by atoms with E-state index in [-0.39, 0.29) is 0 Å². The lowest BCUT2D eigenvalue weighted by molar-refractivity contribution is 1.36. The Morgan fingerprint density at radius 2 is 2.33 bits per heavy atom. The molecule has 2 heteroatoms. The van der Waals surface area contributed by atoms with Crippen LogP contribution in [-0.4, -0.2) is 0 Å². The Morgan fingerprint density at radius 3 is 3.00 bits per heavy atom. The van der Waals surface area contributed by atoms with Crippen LogP contribution in [-0.2, 0) is 0 Å². The van der Waals surface area contributed by atoms with Gasteiger partial charge in [-0.25, -0.2) is 0 Å². The van der Waals surface area contributed by atoms with E-state index in [1.165, 1.54) is 0 Å². The van der Waals surface area contributed by atoms with Gasteiger partial charge in [0, 0.05) is 4.90 Å². The SMILES string of the molecule is N#CCC=Cc1cccc(S)c1.